The van der Waals surface area contributed by atoms with Crippen LogP contribution in [0.1, 0.15) is 28.9 Å². The third-order valence-corrected chi connectivity index (χ3v) is 3.25. The fourth-order valence-corrected chi connectivity index (χ4v) is 2.01. The SMILES string of the molecule is COc1cccc(C(=O)NC(C)c2ccc(F)c(F)c2)c1O. The number of phenols is 1. The normalized spacial score (nSPS) is 11.8. The van der Waals surface area contributed by atoms with E-state index < -0.39 is 23.6 Å². The molecule has 0 saturated heterocycles. The predicted molar refractivity (Wildman–Crippen MR) is 76.9 cm³/mol. The van der Waals surface area contributed by atoms with E-state index in [0.717, 1.165) is 12.1 Å². The maximum Gasteiger partial charge on any atom is 0.255 e. The lowest BCUT2D eigenvalue weighted by molar-refractivity contribution is 0.0936. The third-order valence-electron chi connectivity index (χ3n) is 3.25. The van der Waals surface area contributed by atoms with Crippen molar-refractivity contribution in [1.82, 2.24) is 5.32 Å². The summed E-state index contributed by atoms with van der Waals surface area (Å²) in [5, 5.41) is 12.5. The Labute approximate surface area is 126 Å². The molecule has 1 amide bonds. The molecule has 0 heterocycles. The standard InChI is InChI=1S/C16H15F2NO3/c1-9(10-6-7-12(17)13(18)8-10)19-16(21)11-4-3-5-14(22-2)15(11)20/h3-9,20H,1-2H3,(H,19,21). The molecule has 22 heavy (non-hydrogen) atoms. The van der Waals surface area contributed by atoms with Crippen molar-refractivity contribution in [3.05, 3.63) is 59.2 Å². The van der Waals surface area contributed by atoms with Crippen LogP contribution >= 0.6 is 0 Å². The average molecular weight is 307 g/mol. The van der Waals surface area contributed by atoms with E-state index in [-0.39, 0.29) is 17.1 Å². The summed E-state index contributed by atoms with van der Waals surface area (Å²) in [5.41, 5.74) is 0.448. The summed E-state index contributed by atoms with van der Waals surface area (Å²) >= 11 is 0. The molecule has 0 radical (unpaired) electrons. The fourth-order valence-electron chi connectivity index (χ4n) is 2.01. The molecule has 0 saturated carbocycles. The van der Waals surface area contributed by atoms with E-state index in [1.165, 1.54) is 25.3 Å². The maximum atomic E-state index is 13.2. The van der Waals surface area contributed by atoms with Gasteiger partial charge in [-0.05, 0) is 36.8 Å². The van der Waals surface area contributed by atoms with Gasteiger partial charge in [0.25, 0.3) is 5.91 Å². The zero-order chi connectivity index (χ0) is 16.3. The summed E-state index contributed by atoms with van der Waals surface area (Å²) < 4.78 is 31.1. The van der Waals surface area contributed by atoms with E-state index >= 15 is 0 Å². The molecule has 0 aromatic heterocycles. The minimum absolute atomic E-state index is 0.0359. The third kappa shape index (κ3) is 3.16. The number of para-hydroxylation sites is 1. The Morgan fingerprint density at radius 2 is 1.95 bits per heavy atom. The zero-order valence-electron chi connectivity index (χ0n) is 12.1. The summed E-state index contributed by atoms with van der Waals surface area (Å²) in [6, 6.07) is 7.36. The number of halogens is 2. The first-order valence-corrected chi connectivity index (χ1v) is 6.55. The molecule has 2 N–H and O–H groups in total. The lowest BCUT2D eigenvalue weighted by Crippen LogP contribution is -2.26. The number of nitrogens with one attached hydrogen (secondary N) is 1. The van der Waals surface area contributed by atoms with Gasteiger partial charge in [-0.2, -0.15) is 0 Å². The fraction of sp³-hybridized carbons (Fsp3) is 0.188. The highest BCUT2D eigenvalue weighted by molar-refractivity contribution is 5.97. The number of aromatic hydroxyl groups is 1. The number of methoxy groups -OCH3 is 1. The van der Waals surface area contributed by atoms with E-state index in [2.05, 4.69) is 5.32 Å². The van der Waals surface area contributed by atoms with Crippen molar-refractivity contribution in [2.75, 3.05) is 7.11 Å². The van der Waals surface area contributed by atoms with Crippen molar-refractivity contribution in [2.24, 2.45) is 0 Å². The van der Waals surface area contributed by atoms with Gasteiger partial charge in [0.15, 0.2) is 23.1 Å². The second-order valence-electron chi connectivity index (χ2n) is 4.73. The molecule has 0 aliphatic rings. The number of amides is 1. The molecule has 116 valence electrons. The first-order chi connectivity index (χ1) is 10.4. The molecule has 2 aromatic carbocycles. The first kappa shape index (κ1) is 15.8. The molecular weight excluding hydrogens is 292 g/mol. The van der Waals surface area contributed by atoms with Crippen LogP contribution in [-0.4, -0.2) is 18.1 Å². The summed E-state index contributed by atoms with van der Waals surface area (Å²) in [6.07, 6.45) is 0. The minimum Gasteiger partial charge on any atom is -0.504 e. The van der Waals surface area contributed by atoms with Gasteiger partial charge in [-0.1, -0.05) is 12.1 Å². The molecule has 2 aromatic rings. The van der Waals surface area contributed by atoms with Gasteiger partial charge in [-0.15, -0.1) is 0 Å². The highest BCUT2D eigenvalue weighted by atomic mass is 19.2. The largest absolute Gasteiger partial charge is 0.504 e. The van der Waals surface area contributed by atoms with Crippen LogP contribution in [0.15, 0.2) is 36.4 Å². The smallest absolute Gasteiger partial charge is 0.255 e. The maximum absolute atomic E-state index is 13.2. The van der Waals surface area contributed by atoms with Gasteiger partial charge in [0.05, 0.1) is 18.7 Å². The highest BCUT2D eigenvalue weighted by Crippen LogP contribution is 2.29. The van der Waals surface area contributed by atoms with Gasteiger partial charge in [-0.3, -0.25) is 4.79 Å². The number of benzene rings is 2. The van der Waals surface area contributed by atoms with Crippen LogP contribution in [0, 0.1) is 11.6 Å². The molecule has 6 heteroatoms. The van der Waals surface area contributed by atoms with Crippen molar-refractivity contribution in [1.29, 1.82) is 0 Å². The van der Waals surface area contributed by atoms with E-state index in [1.807, 2.05) is 0 Å². The molecule has 1 unspecified atom stereocenters. The Balaban J connectivity index is 2.19. The number of rotatable bonds is 4. The molecule has 0 fully saturated rings. The van der Waals surface area contributed by atoms with E-state index in [0.29, 0.717) is 5.56 Å². The number of carbonyl (C=O) groups is 1. The van der Waals surface area contributed by atoms with Crippen LogP contribution in [0.5, 0.6) is 11.5 Å². The number of hydrogen-bond donors (Lipinski definition) is 2. The number of phenolic OH excluding ortho intramolecular Hbond substituents is 1. The Morgan fingerprint density at radius 1 is 1.23 bits per heavy atom. The van der Waals surface area contributed by atoms with Crippen LogP contribution in [0.3, 0.4) is 0 Å². The molecule has 1 atom stereocenters. The summed E-state index contributed by atoms with van der Waals surface area (Å²) in [5.74, 6) is -2.59. The lowest BCUT2D eigenvalue weighted by Gasteiger charge is -2.16. The van der Waals surface area contributed by atoms with Crippen molar-refractivity contribution in [3.63, 3.8) is 0 Å². The van der Waals surface area contributed by atoms with Crippen molar-refractivity contribution < 1.29 is 23.4 Å². The molecule has 0 bridgehead atoms. The Morgan fingerprint density at radius 3 is 2.59 bits per heavy atom. The monoisotopic (exact) mass is 307 g/mol. The van der Waals surface area contributed by atoms with Crippen LogP contribution in [0.25, 0.3) is 0 Å². The highest BCUT2D eigenvalue weighted by Gasteiger charge is 2.18. The molecule has 2 rings (SSSR count). The Bertz CT molecular complexity index is 704. The molecule has 0 aliphatic carbocycles. The lowest BCUT2D eigenvalue weighted by atomic mass is 10.1. The molecular formula is C16H15F2NO3. The van der Waals surface area contributed by atoms with E-state index in [1.54, 1.807) is 13.0 Å². The van der Waals surface area contributed by atoms with Gasteiger partial charge in [0.2, 0.25) is 0 Å². The minimum atomic E-state index is -0.983. The number of ether oxygens (including phenoxy) is 1. The van der Waals surface area contributed by atoms with Crippen LogP contribution in [0.2, 0.25) is 0 Å². The van der Waals surface area contributed by atoms with E-state index in [9.17, 15) is 18.7 Å². The van der Waals surface area contributed by atoms with Crippen LogP contribution in [0.4, 0.5) is 8.78 Å². The summed E-state index contributed by atoms with van der Waals surface area (Å²) in [6.45, 7) is 1.63. The Hall–Kier alpha value is -2.63. The molecule has 4 nitrogen and oxygen atoms in total. The topological polar surface area (TPSA) is 58.6 Å². The van der Waals surface area contributed by atoms with Gasteiger partial charge in [0.1, 0.15) is 0 Å². The summed E-state index contributed by atoms with van der Waals surface area (Å²) in [4.78, 5) is 12.2. The number of carbonyl (C=O) groups excluding carboxylic acids is 1. The van der Waals surface area contributed by atoms with Gasteiger partial charge in [0, 0.05) is 0 Å². The molecule has 0 aliphatic heterocycles. The first-order valence-electron chi connectivity index (χ1n) is 6.55. The Kier molecular flexibility index (Phi) is 4.60. The van der Waals surface area contributed by atoms with Crippen LogP contribution < -0.4 is 10.1 Å². The van der Waals surface area contributed by atoms with Crippen LogP contribution in [-0.2, 0) is 0 Å². The molecule has 0 spiro atoms. The quantitative estimate of drug-likeness (QED) is 0.912. The van der Waals surface area contributed by atoms with E-state index in [4.69, 9.17) is 4.74 Å². The van der Waals surface area contributed by atoms with Crippen molar-refractivity contribution in [2.45, 2.75) is 13.0 Å². The van der Waals surface area contributed by atoms with Gasteiger partial charge >= 0.3 is 0 Å². The van der Waals surface area contributed by atoms with Gasteiger partial charge in [-0.25, -0.2) is 8.78 Å². The number of hydrogen-bond acceptors (Lipinski definition) is 3. The second-order valence-corrected chi connectivity index (χ2v) is 4.73. The average Bonchev–Trinajstić information content (AvgIpc) is 2.50. The van der Waals surface area contributed by atoms with Gasteiger partial charge < -0.3 is 15.2 Å². The van der Waals surface area contributed by atoms with Crippen molar-refractivity contribution in [3.8, 4) is 11.5 Å². The zero-order valence-corrected chi connectivity index (χ0v) is 12.1. The predicted octanol–water partition coefficient (Wildman–Crippen LogP) is 3.17. The summed E-state index contributed by atoms with van der Waals surface area (Å²) in [7, 11) is 1.38. The van der Waals surface area contributed by atoms with Crippen molar-refractivity contribution >= 4 is 5.91 Å². The second kappa shape index (κ2) is 6.43.